The van der Waals surface area contributed by atoms with Crippen molar-refractivity contribution in [1.29, 1.82) is 0 Å². The minimum absolute atomic E-state index is 0.0216. The first-order chi connectivity index (χ1) is 7.99. The van der Waals surface area contributed by atoms with Crippen molar-refractivity contribution in [3.63, 3.8) is 0 Å². The van der Waals surface area contributed by atoms with Crippen molar-refractivity contribution in [2.45, 2.75) is 40.2 Å². The highest BCUT2D eigenvalue weighted by molar-refractivity contribution is 5.97. The van der Waals surface area contributed by atoms with Gasteiger partial charge in [0.1, 0.15) is 0 Å². The molecule has 0 fully saturated rings. The average Bonchev–Trinajstić information content (AvgIpc) is 2.24. The summed E-state index contributed by atoms with van der Waals surface area (Å²) in [6.45, 7) is 7.82. The number of hydrogen-bond donors (Lipinski definition) is 2. The maximum absolute atomic E-state index is 12.1. The smallest absolute Gasteiger partial charge is 0.252 e. The molecule has 0 saturated heterocycles. The Morgan fingerprint density at radius 2 is 1.82 bits per heavy atom. The van der Waals surface area contributed by atoms with Gasteiger partial charge in [0.25, 0.3) is 5.91 Å². The minimum atomic E-state index is -0.164. The summed E-state index contributed by atoms with van der Waals surface area (Å²) < 4.78 is 0. The van der Waals surface area contributed by atoms with Gasteiger partial charge in [0.05, 0.1) is 12.6 Å². The lowest BCUT2D eigenvalue weighted by Gasteiger charge is -2.16. The summed E-state index contributed by atoms with van der Waals surface area (Å²) in [5, 5.41) is 11.9. The van der Waals surface area contributed by atoms with E-state index in [2.05, 4.69) is 5.32 Å². The fraction of sp³-hybridized carbons (Fsp3) is 0.500. The summed E-state index contributed by atoms with van der Waals surface area (Å²) >= 11 is 0. The van der Waals surface area contributed by atoms with E-state index in [9.17, 15) is 4.79 Å². The van der Waals surface area contributed by atoms with Crippen LogP contribution in [-0.4, -0.2) is 23.7 Å². The van der Waals surface area contributed by atoms with Crippen LogP contribution in [0, 0.1) is 20.8 Å². The van der Waals surface area contributed by atoms with E-state index in [0.29, 0.717) is 0 Å². The van der Waals surface area contributed by atoms with E-state index < -0.39 is 0 Å². The number of carbonyl (C=O) groups is 1. The topological polar surface area (TPSA) is 49.3 Å². The summed E-state index contributed by atoms with van der Waals surface area (Å²) in [7, 11) is 0. The number of rotatable bonds is 4. The molecular formula is C14H21NO2. The first-order valence-corrected chi connectivity index (χ1v) is 5.99. The van der Waals surface area contributed by atoms with Crippen LogP contribution in [0.1, 0.15) is 40.4 Å². The summed E-state index contributed by atoms with van der Waals surface area (Å²) in [5.41, 5.74) is 3.84. The lowest BCUT2D eigenvalue weighted by Crippen LogP contribution is -2.37. The Morgan fingerprint density at radius 3 is 2.24 bits per heavy atom. The molecule has 0 unspecified atom stereocenters. The number of aliphatic hydroxyl groups is 1. The molecule has 0 saturated carbocycles. The second-order valence-corrected chi connectivity index (χ2v) is 4.53. The lowest BCUT2D eigenvalue weighted by molar-refractivity contribution is 0.0913. The first kappa shape index (κ1) is 13.7. The molecule has 1 aromatic carbocycles. The standard InChI is InChI=1S/C14H21NO2/c1-5-12(8-16)15-14(17)13-10(3)6-9(2)7-11(13)4/h6-7,12,16H,5,8H2,1-4H3,(H,15,17)/t12-/m0/s1. The first-order valence-electron chi connectivity index (χ1n) is 5.99. The third-order valence-corrected chi connectivity index (χ3v) is 2.95. The van der Waals surface area contributed by atoms with E-state index in [0.717, 1.165) is 28.7 Å². The molecule has 17 heavy (non-hydrogen) atoms. The van der Waals surface area contributed by atoms with Gasteiger partial charge in [-0.1, -0.05) is 24.6 Å². The molecule has 0 aliphatic carbocycles. The number of aryl methyl sites for hydroxylation is 3. The highest BCUT2D eigenvalue weighted by Crippen LogP contribution is 2.16. The number of amides is 1. The molecule has 3 nitrogen and oxygen atoms in total. The van der Waals surface area contributed by atoms with Crippen molar-refractivity contribution in [1.82, 2.24) is 5.32 Å². The largest absolute Gasteiger partial charge is 0.394 e. The molecule has 1 rings (SSSR count). The molecule has 1 aromatic rings. The Morgan fingerprint density at radius 1 is 1.29 bits per heavy atom. The van der Waals surface area contributed by atoms with Crippen molar-refractivity contribution in [2.75, 3.05) is 6.61 Å². The van der Waals surface area contributed by atoms with Gasteiger partial charge in [0.15, 0.2) is 0 Å². The molecular weight excluding hydrogens is 214 g/mol. The predicted molar refractivity (Wildman–Crippen MR) is 69.3 cm³/mol. The second kappa shape index (κ2) is 5.82. The molecule has 0 heterocycles. The molecule has 0 aromatic heterocycles. The quantitative estimate of drug-likeness (QED) is 0.839. The van der Waals surface area contributed by atoms with Crippen molar-refractivity contribution in [3.8, 4) is 0 Å². The molecule has 1 atom stereocenters. The van der Waals surface area contributed by atoms with E-state index in [1.54, 1.807) is 0 Å². The SMILES string of the molecule is CC[C@@H](CO)NC(=O)c1c(C)cc(C)cc1C. The van der Waals surface area contributed by atoms with Gasteiger partial charge < -0.3 is 10.4 Å². The zero-order valence-corrected chi connectivity index (χ0v) is 11.0. The Labute approximate surface area is 103 Å². The van der Waals surface area contributed by atoms with Crippen LogP contribution in [0.3, 0.4) is 0 Å². The Hall–Kier alpha value is -1.35. The summed E-state index contributed by atoms with van der Waals surface area (Å²) in [6, 6.07) is 3.84. The number of aliphatic hydroxyl groups excluding tert-OH is 1. The second-order valence-electron chi connectivity index (χ2n) is 4.53. The van der Waals surface area contributed by atoms with Crippen molar-refractivity contribution in [2.24, 2.45) is 0 Å². The average molecular weight is 235 g/mol. The van der Waals surface area contributed by atoms with E-state index in [1.165, 1.54) is 0 Å². The van der Waals surface area contributed by atoms with E-state index in [-0.39, 0.29) is 18.6 Å². The predicted octanol–water partition coefficient (Wildman–Crippen LogP) is 2.11. The number of hydrogen-bond acceptors (Lipinski definition) is 2. The highest BCUT2D eigenvalue weighted by Gasteiger charge is 2.15. The molecule has 0 bridgehead atoms. The summed E-state index contributed by atoms with van der Waals surface area (Å²) in [6.07, 6.45) is 0.728. The van der Waals surface area contributed by atoms with Crippen molar-refractivity contribution >= 4 is 5.91 Å². The number of nitrogens with one attached hydrogen (secondary N) is 1. The molecule has 0 spiro atoms. The highest BCUT2D eigenvalue weighted by atomic mass is 16.3. The summed E-state index contributed by atoms with van der Waals surface area (Å²) in [4.78, 5) is 12.1. The molecule has 94 valence electrons. The van der Waals surface area contributed by atoms with E-state index in [1.807, 2.05) is 39.8 Å². The van der Waals surface area contributed by atoms with Gasteiger partial charge in [-0.3, -0.25) is 4.79 Å². The van der Waals surface area contributed by atoms with Gasteiger partial charge in [0.2, 0.25) is 0 Å². The zero-order chi connectivity index (χ0) is 13.0. The van der Waals surface area contributed by atoms with Crippen LogP contribution in [-0.2, 0) is 0 Å². The van der Waals surface area contributed by atoms with Gasteiger partial charge in [-0.05, 0) is 38.3 Å². The van der Waals surface area contributed by atoms with Crippen LogP contribution in [0.15, 0.2) is 12.1 Å². The fourth-order valence-corrected chi connectivity index (χ4v) is 2.07. The third-order valence-electron chi connectivity index (χ3n) is 2.95. The van der Waals surface area contributed by atoms with Gasteiger partial charge in [-0.2, -0.15) is 0 Å². The van der Waals surface area contributed by atoms with Crippen LogP contribution < -0.4 is 5.32 Å². The third kappa shape index (κ3) is 3.30. The molecule has 0 aliphatic rings. The van der Waals surface area contributed by atoms with E-state index >= 15 is 0 Å². The summed E-state index contributed by atoms with van der Waals surface area (Å²) in [5.74, 6) is -0.0964. The molecule has 1 amide bonds. The Bertz CT molecular complexity index is 386. The van der Waals surface area contributed by atoms with Gasteiger partial charge >= 0.3 is 0 Å². The fourth-order valence-electron chi connectivity index (χ4n) is 2.07. The lowest BCUT2D eigenvalue weighted by atomic mass is 9.99. The Kier molecular flexibility index (Phi) is 4.70. The zero-order valence-electron chi connectivity index (χ0n) is 11.0. The van der Waals surface area contributed by atoms with Crippen LogP contribution in [0.4, 0.5) is 0 Å². The minimum Gasteiger partial charge on any atom is -0.394 e. The van der Waals surface area contributed by atoms with Gasteiger partial charge in [-0.15, -0.1) is 0 Å². The van der Waals surface area contributed by atoms with Crippen molar-refractivity contribution < 1.29 is 9.90 Å². The van der Waals surface area contributed by atoms with Crippen LogP contribution >= 0.6 is 0 Å². The van der Waals surface area contributed by atoms with Crippen LogP contribution in [0.2, 0.25) is 0 Å². The van der Waals surface area contributed by atoms with Gasteiger partial charge in [0, 0.05) is 5.56 Å². The molecule has 0 radical (unpaired) electrons. The van der Waals surface area contributed by atoms with Gasteiger partial charge in [-0.25, -0.2) is 0 Å². The number of benzene rings is 1. The normalized spacial score (nSPS) is 12.3. The number of carbonyl (C=O) groups excluding carboxylic acids is 1. The van der Waals surface area contributed by atoms with Crippen LogP contribution in [0.25, 0.3) is 0 Å². The monoisotopic (exact) mass is 235 g/mol. The van der Waals surface area contributed by atoms with Crippen molar-refractivity contribution in [3.05, 3.63) is 34.4 Å². The van der Waals surface area contributed by atoms with E-state index in [4.69, 9.17) is 5.11 Å². The molecule has 2 N–H and O–H groups in total. The molecule has 3 heteroatoms. The van der Waals surface area contributed by atoms with Crippen LogP contribution in [0.5, 0.6) is 0 Å². The maximum atomic E-state index is 12.1. The molecule has 0 aliphatic heterocycles. The maximum Gasteiger partial charge on any atom is 0.252 e. The Balaban J connectivity index is 2.96.